The van der Waals surface area contributed by atoms with Crippen LogP contribution in [-0.2, 0) is 27.3 Å². The Hall–Kier alpha value is -3.48. The fourth-order valence-electron chi connectivity index (χ4n) is 4.85. The number of hydrogen-bond donors (Lipinski definition) is 0. The molecule has 1 aliphatic heterocycles. The number of carbonyl (C=O) groups excluding carboxylic acids is 1. The molecule has 12 heteroatoms. The van der Waals surface area contributed by atoms with E-state index in [9.17, 15) is 36.3 Å². The summed E-state index contributed by atoms with van der Waals surface area (Å²) >= 11 is 0. The highest BCUT2D eigenvalue weighted by Crippen LogP contribution is 2.41. The molecule has 220 valence electrons. The molecule has 0 atom stereocenters. The number of hydrogen-bond acceptors (Lipinski definition) is 4. The fourth-order valence-corrected chi connectivity index (χ4v) is 4.85. The summed E-state index contributed by atoms with van der Waals surface area (Å²) in [6.07, 6.45) is -8.78. The zero-order chi connectivity index (χ0) is 30.4. The lowest BCUT2D eigenvalue weighted by Crippen LogP contribution is -2.52. The number of alkyl halides is 6. The van der Waals surface area contributed by atoms with E-state index in [0.717, 1.165) is 10.5 Å². The summed E-state index contributed by atoms with van der Waals surface area (Å²) in [5.74, 6) is -0.574. The van der Waals surface area contributed by atoms with E-state index in [1.807, 2.05) is 19.1 Å². The Balaban J connectivity index is 1.83. The largest absolute Gasteiger partial charge is 0.626 e. The first-order chi connectivity index (χ1) is 18.9. The van der Waals surface area contributed by atoms with E-state index in [2.05, 4.69) is 4.98 Å². The summed E-state index contributed by atoms with van der Waals surface area (Å²) in [6, 6.07) is 9.95. The van der Waals surface area contributed by atoms with E-state index < -0.39 is 45.0 Å². The number of morpholine rings is 1. The van der Waals surface area contributed by atoms with Crippen molar-refractivity contribution in [1.82, 2.24) is 9.63 Å². The minimum atomic E-state index is -5.06. The van der Waals surface area contributed by atoms with Crippen LogP contribution in [0.1, 0.15) is 36.1 Å². The van der Waals surface area contributed by atoms with Gasteiger partial charge in [0, 0.05) is 18.7 Å². The van der Waals surface area contributed by atoms with Gasteiger partial charge in [0.05, 0.1) is 41.6 Å². The lowest BCUT2D eigenvalue weighted by atomic mass is 9.81. The van der Waals surface area contributed by atoms with Crippen molar-refractivity contribution in [2.75, 3.05) is 38.3 Å². The third-order valence-corrected chi connectivity index (χ3v) is 7.42. The van der Waals surface area contributed by atoms with E-state index >= 15 is 0 Å². The second-order valence-electron chi connectivity index (χ2n) is 10.6. The van der Waals surface area contributed by atoms with Crippen molar-refractivity contribution in [1.29, 1.82) is 0 Å². The van der Waals surface area contributed by atoms with Gasteiger partial charge in [-0.2, -0.15) is 26.3 Å². The maximum absolute atomic E-state index is 13.9. The number of nitrogens with zero attached hydrogens (tertiary/aromatic N) is 3. The summed E-state index contributed by atoms with van der Waals surface area (Å²) in [5, 5.41) is 13.5. The third-order valence-electron chi connectivity index (χ3n) is 7.42. The molecule has 3 aromatic rings. The van der Waals surface area contributed by atoms with Crippen molar-refractivity contribution in [2.24, 2.45) is 0 Å². The molecular formula is C29H29F6N3O3. The van der Waals surface area contributed by atoms with Crippen LogP contribution in [0, 0.1) is 12.1 Å². The average molecular weight is 582 g/mol. The van der Waals surface area contributed by atoms with E-state index in [1.54, 1.807) is 18.2 Å². The van der Waals surface area contributed by atoms with Crippen LogP contribution in [-0.4, -0.2) is 44.2 Å². The first-order valence-corrected chi connectivity index (χ1v) is 12.8. The molecule has 1 aromatic heterocycles. The highest BCUT2D eigenvalue weighted by molar-refractivity contribution is 6.03. The summed E-state index contributed by atoms with van der Waals surface area (Å²) in [4.78, 5) is 19.4. The topological polar surface area (TPSA) is 65.5 Å². The number of quaternary nitrogens is 1. The number of halogens is 6. The quantitative estimate of drug-likeness (QED) is 0.187. The Labute approximate surface area is 233 Å². The zero-order valence-electron chi connectivity index (χ0n) is 22.9. The molecule has 2 aromatic carbocycles. The number of ether oxygens (including phenoxy) is 1. The van der Waals surface area contributed by atoms with Gasteiger partial charge in [0.15, 0.2) is 0 Å². The van der Waals surface area contributed by atoms with Crippen LogP contribution in [0.15, 0.2) is 54.7 Å². The van der Waals surface area contributed by atoms with Gasteiger partial charge in [-0.05, 0) is 55.7 Å². The summed E-state index contributed by atoms with van der Waals surface area (Å²) < 4.78 is 85.8. The number of carbonyl (C=O) groups is 1. The van der Waals surface area contributed by atoms with Gasteiger partial charge >= 0.3 is 12.4 Å². The zero-order valence-corrected chi connectivity index (χ0v) is 22.9. The SMILES string of the molecule is Cc1ccccc1-c1cc([N+]2([O-])CCOCC2)ncc1N(C)C(=O)C(C)(C)c1cc(C(F)(F)F)cc(C(F)(F)F)c1. The standard InChI is InChI=1S/C29H29F6N3O3/c1-18-7-5-6-8-22(18)23-16-25(38(40)9-11-41-12-10-38)36-17-24(23)37(4)26(39)27(2,3)19-13-20(28(30,31)32)15-21(14-19)29(33,34)35/h5-8,13-17H,9-12H2,1-4H3. The second kappa shape index (κ2) is 10.7. The first-order valence-electron chi connectivity index (χ1n) is 12.8. The van der Waals surface area contributed by atoms with E-state index in [1.165, 1.54) is 27.1 Å². The highest BCUT2D eigenvalue weighted by atomic mass is 19.4. The first kappa shape index (κ1) is 30.5. The summed E-state index contributed by atoms with van der Waals surface area (Å²) in [5.41, 5.74) is -3.06. The van der Waals surface area contributed by atoms with Gasteiger partial charge in [-0.25, -0.2) is 4.98 Å². The molecule has 0 bridgehead atoms. The smallest absolute Gasteiger partial charge is 0.416 e. The lowest BCUT2D eigenvalue weighted by molar-refractivity contribution is -0.143. The normalized spacial score (nSPS) is 16.0. The number of benzene rings is 2. The lowest BCUT2D eigenvalue weighted by Gasteiger charge is -2.43. The second-order valence-corrected chi connectivity index (χ2v) is 10.6. The van der Waals surface area contributed by atoms with Gasteiger partial charge in [0.2, 0.25) is 11.7 Å². The maximum Gasteiger partial charge on any atom is 0.416 e. The predicted octanol–water partition coefficient (Wildman–Crippen LogP) is 6.87. The summed E-state index contributed by atoms with van der Waals surface area (Å²) in [7, 11) is 1.37. The van der Waals surface area contributed by atoms with Gasteiger partial charge in [0.1, 0.15) is 13.1 Å². The van der Waals surface area contributed by atoms with Crippen molar-refractivity contribution < 1.29 is 35.9 Å². The molecule has 41 heavy (non-hydrogen) atoms. The molecular weight excluding hydrogens is 552 g/mol. The van der Waals surface area contributed by atoms with Gasteiger partial charge in [0.25, 0.3) is 0 Å². The van der Waals surface area contributed by atoms with Crippen molar-refractivity contribution in [2.45, 2.75) is 38.5 Å². The molecule has 0 N–H and O–H groups in total. The number of hydroxylamine groups is 2. The van der Waals surface area contributed by atoms with Gasteiger partial charge in [-0.1, -0.05) is 24.3 Å². The van der Waals surface area contributed by atoms with Gasteiger partial charge < -0.3 is 19.5 Å². The molecule has 2 heterocycles. The van der Waals surface area contributed by atoms with Crippen LogP contribution in [0.4, 0.5) is 37.8 Å². The molecule has 0 radical (unpaired) electrons. The number of aryl methyl sites for hydroxylation is 1. The highest BCUT2D eigenvalue weighted by Gasteiger charge is 2.41. The molecule has 0 saturated carbocycles. The van der Waals surface area contributed by atoms with E-state index in [0.29, 0.717) is 23.3 Å². The molecule has 1 saturated heterocycles. The number of anilines is 1. The number of amides is 1. The van der Waals surface area contributed by atoms with Crippen LogP contribution >= 0.6 is 0 Å². The molecule has 0 aliphatic carbocycles. The average Bonchev–Trinajstić information content (AvgIpc) is 2.91. The number of likely N-dealkylation sites (N-methyl/N-ethyl adjacent to an activating group) is 1. The van der Waals surface area contributed by atoms with Crippen LogP contribution in [0.5, 0.6) is 0 Å². The van der Waals surface area contributed by atoms with Crippen molar-refractivity contribution in [3.05, 3.63) is 82.2 Å². The van der Waals surface area contributed by atoms with Gasteiger partial charge in [-0.15, -0.1) is 0 Å². The minimum Gasteiger partial charge on any atom is -0.626 e. The molecule has 0 spiro atoms. The molecule has 1 aliphatic rings. The molecule has 1 fully saturated rings. The number of aromatic nitrogens is 1. The molecule has 6 nitrogen and oxygen atoms in total. The van der Waals surface area contributed by atoms with Gasteiger partial charge in [-0.3, -0.25) is 4.79 Å². The Kier molecular flexibility index (Phi) is 7.98. The van der Waals surface area contributed by atoms with Crippen molar-refractivity contribution in [3.8, 4) is 11.1 Å². The third kappa shape index (κ3) is 6.09. The monoisotopic (exact) mass is 581 g/mol. The van der Waals surface area contributed by atoms with Crippen LogP contribution < -0.4 is 9.55 Å². The Bertz CT molecular complexity index is 1410. The van der Waals surface area contributed by atoms with Crippen LogP contribution in [0.25, 0.3) is 11.1 Å². The number of pyridine rings is 1. The maximum atomic E-state index is 13.9. The van der Waals surface area contributed by atoms with Crippen molar-refractivity contribution >= 4 is 17.4 Å². The molecule has 0 unspecified atom stereocenters. The van der Waals surface area contributed by atoms with E-state index in [4.69, 9.17) is 4.74 Å². The van der Waals surface area contributed by atoms with E-state index in [-0.39, 0.29) is 43.9 Å². The fraction of sp³-hybridized carbons (Fsp3) is 0.379. The predicted molar refractivity (Wildman–Crippen MR) is 143 cm³/mol. The Morgan fingerprint density at radius 2 is 1.44 bits per heavy atom. The van der Waals surface area contributed by atoms with Crippen molar-refractivity contribution in [3.63, 3.8) is 0 Å². The minimum absolute atomic E-state index is 0.0278. The number of rotatable bonds is 5. The molecule has 1 amide bonds. The molecule has 4 rings (SSSR count). The Morgan fingerprint density at radius 3 is 1.98 bits per heavy atom. The van der Waals surface area contributed by atoms with Crippen LogP contribution in [0.3, 0.4) is 0 Å². The van der Waals surface area contributed by atoms with Crippen LogP contribution in [0.2, 0.25) is 0 Å². The summed E-state index contributed by atoms with van der Waals surface area (Å²) in [6.45, 7) is 5.14. The Morgan fingerprint density at radius 1 is 0.902 bits per heavy atom.